The van der Waals surface area contributed by atoms with Crippen molar-refractivity contribution in [1.29, 1.82) is 0 Å². The van der Waals surface area contributed by atoms with E-state index < -0.39 is 0 Å². The smallest absolute Gasteiger partial charge is 0.322 e. The molecule has 2 rings (SSSR count). The first kappa shape index (κ1) is 15.6. The molecule has 21 heavy (non-hydrogen) atoms. The summed E-state index contributed by atoms with van der Waals surface area (Å²) < 4.78 is 11.0. The average Bonchev–Trinajstić information content (AvgIpc) is 2.46. The predicted molar refractivity (Wildman–Crippen MR) is 83.1 cm³/mol. The normalized spacial score (nSPS) is 17.1. The minimum atomic E-state index is -0.0755. The van der Waals surface area contributed by atoms with Crippen molar-refractivity contribution in [2.75, 3.05) is 31.2 Å². The van der Waals surface area contributed by atoms with Gasteiger partial charge in [0.1, 0.15) is 11.9 Å². The number of amides is 2. The summed E-state index contributed by atoms with van der Waals surface area (Å²) in [6.07, 6.45) is 0.814. The highest BCUT2D eigenvalue weighted by molar-refractivity contribution is 5.94. The Morgan fingerprint density at radius 2 is 2.33 bits per heavy atom. The third-order valence-electron chi connectivity index (χ3n) is 3.36. The Balaban J connectivity index is 1.99. The van der Waals surface area contributed by atoms with Gasteiger partial charge in [-0.05, 0) is 44.9 Å². The van der Waals surface area contributed by atoms with E-state index in [0.717, 1.165) is 23.4 Å². The fourth-order valence-corrected chi connectivity index (χ4v) is 2.35. The van der Waals surface area contributed by atoms with E-state index in [1.807, 2.05) is 39.0 Å². The zero-order chi connectivity index (χ0) is 15.2. The lowest BCUT2D eigenvalue weighted by Gasteiger charge is -2.33. The molecule has 1 aromatic rings. The Morgan fingerprint density at radius 1 is 1.52 bits per heavy atom. The number of anilines is 1. The Kier molecular flexibility index (Phi) is 5.44. The SMILES string of the molecule is CCOCCCNC(=O)N1CC(C)Oc2ccc(C)cc21. The molecule has 1 atom stereocenters. The lowest BCUT2D eigenvalue weighted by molar-refractivity contribution is 0.145. The van der Waals surface area contributed by atoms with Gasteiger partial charge < -0.3 is 14.8 Å². The highest BCUT2D eigenvalue weighted by Gasteiger charge is 2.27. The molecule has 1 unspecified atom stereocenters. The van der Waals surface area contributed by atoms with Gasteiger partial charge in [0.2, 0.25) is 0 Å². The van der Waals surface area contributed by atoms with Crippen molar-refractivity contribution >= 4 is 11.7 Å². The summed E-state index contributed by atoms with van der Waals surface area (Å²) in [5, 5.41) is 2.94. The summed E-state index contributed by atoms with van der Waals surface area (Å²) in [6.45, 7) is 8.51. The Morgan fingerprint density at radius 3 is 3.10 bits per heavy atom. The molecule has 0 fully saturated rings. The molecule has 1 N–H and O–H groups in total. The van der Waals surface area contributed by atoms with Gasteiger partial charge >= 0.3 is 6.03 Å². The van der Waals surface area contributed by atoms with Crippen LogP contribution >= 0.6 is 0 Å². The molecule has 5 nitrogen and oxygen atoms in total. The van der Waals surface area contributed by atoms with Gasteiger partial charge in [-0.15, -0.1) is 0 Å². The van der Waals surface area contributed by atoms with Gasteiger partial charge in [-0.1, -0.05) is 6.07 Å². The number of hydrogen-bond donors (Lipinski definition) is 1. The maximum absolute atomic E-state index is 12.4. The number of rotatable bonds is 5. The molecular formula is C16H24N2O3. The van der Waals surface area contributed by atoms with Crippen molar-refractivity contribution in [3.05, 3.63) is 23.8 Å². The molecule has 1 aliphatic heterocycles. The van der Waals surface area contributed by atoms with Gasteiger partial charge in [0.05, 0.1) is 12.2 Å². The first-order valence-corrected chi connectivity index (χ1v) is 7.52. The van der Waals surface area contributed by atoms with E-state index in [4.69, 9.17) is 9.47 Å². The summed E-state index contributed by atoms with van der Waals surface area (Å²) in [6, 6.07) is 5.83. The van der Waals surface area contributed by atoms with Crippen LogP contribution in [0.3, 0.4) is 0 Å². The fraction of sp³-hybridized carbons (Fsp3) is 0.562. The molecule has 0 saturated carbocycles. The van der Waals surface area contributed by atoms with Crippen LogP contribution in [0.1, 0.15) is 25.8 Å². The number of benzene rings is 1. The zero-order valence-electron chi connectivity index (χ0n) is 13.0. The summed E-state index contributed by atoms with van der Waals surface area (Å²) >= 11 is 0. The lowest BCUT2D eigenvalue weighted by atomic mass is 10.1. The number of hydrogen-bond acceptors (Lipinski definition) is 3. The number of fused-ring (bicyclic) bond motifs is 1. The minimum absolute atomic E-state index is 0.00520. The second-order valence-corrected chi connectivity index (χ2v) is 5.29. The van der Waals surface area contributed by atoms with Crippen LogP contribution in [0.2, 0.25) is 0 Å². The zero-order valence-corrected chi connectivity index (χ0v) is 13.0. The van der Waals surface area contributed by atoms with Crippen molar-refractivity contribution in [2.24, 2.45) is 0 Å². The largest absolute Gasteiger partial charge is 0.487 e. The number of urea groups is 1. The van der Waals surface area contributed by atoms with Crippen LogP contribution in [0.4, 0.5) is 10.5 Å². The topological polar surface area (TPSA) is 50.8 Å². The monoisotopic (exact) mass is 292 g/mol. The standard InChI is InChI=1S/C16H24N2O3/c1-4-20-9-5-8-17-16(19)18-11-13(3)21-15-7-6-12(2)10-14(15)18/h6-7,10,13H,4-5,8-9,11H2,1-3H3,(H,17,19). The first-order valence-electron chi connectivity index (χ1n) is 7.52. The minimum Gasteiger partial charge on any atom is -0.487 e. The third-order valence-corrected chi connectivity index (χ3v) is 3.36. The molecule has 0 aromatic heterocycles. The van der Waals surface area contributed by atoms with E-state index in [1.54, 1.807) is 4.90 Å². The van der Waals surface area contributed by atoms with Crippen molar-refractivity contribution in [2.45, 2.75) is 33.3 Å². The second kappa shape index (κ2) is 7.31. The number of nitrogens with one attached hydrogen (secondary N) is 1. The van der Waals surface area contributed by atoms with E-state index in [0.29, 0.717) is 26.3 Å². The van der Waals surface area contributed by atoms with E-state index in [-0.39, 0.29) is 12.1 Å². The number of carbonyl (C=O) groups is 1. The molecule has 0 aliphatic carbocycles. The van der Waals surface area contributed by atoms with Crippen LogP contribution in [0.25, 0.3) is 0 Å². The molecule has 1 heterocycles. The van der Waals surface area contributed by atoms with Crippen LogP contribution in [0.5, 0.6) is 5.75 Å². The molecular weight excluding hydrogens is 268 g/mol. The summed E-state index contributed by atoms with van der Waals surface area (Å²) in [5.74, 6) is 0.767. The quantitative estimate of drug-likeness (QED) is 0.849. The van der Waals surface area contributed by atoms with Gasteiger partial charge in [0, 0.05) is 19.8 Å². The predicted octanol–water partition coefficient (Wildman–Crippen LogP) is 2.72. The molecule has 0 bridgehead atoms. The van der Waals surface area contributed by atoms with Gasteiger partial charge in [0.15, 0.2) is 0 Å². The van der Waals surface area contributed by atoms with E-state index >= 15 is 0 Å². The van der Waals surface area contributed by atoms with Crippen LogP contribution in [0.15, 0.2) is 18.2 Å². The number of ether oxygens (including phenoxy) is 2. The van der Waals surface area contributed by atoms with Crippen LogP contribution in [0, 0.1) is 6.92 Å². The number of aryl methyl sites for hydroxylation is 1. The van der Waals surface area contributed by atoms with Gasteiger partial charge in [0.25, 0.3) is 0 Å². The second-order valence-electron chi connectivity index (χ2n) is 5.29. The molecule has 1 aromatic carbocycles. The van der Waals surface area contributed by atoms with E-state index in [2.05, 4.69) is 5.32 Å². The molecule has 5 heteroatoms. The van der Waals surface area contributed by atoms with Crippen molar-refractivity contribution in [3.8, 4) is 5.75 Å². The molecule has 1 aliphatic rings. The maximum atomic E-state index is 12.4. The molecule has 0 radical (unpaired) electrons. The van der Waals surface area contributed by atoms with Crippen LogP contribution < -0.4 is 15.0 Å². The van der Waals surface area contributed by atoms with Gasteiger partial charge in [-0.3, -0.25) is 4.90 Å². The first-order chi connectivity index (χ1) is 10.1. The Hall–Kier alpha value is -1.75. The number of nitrogens with zero attached hydrogens (tertiary/aromatic N) is 1. The van der Waals surface area contributed by atoms with Gasteiger partial charge in [-0.25, -0.2) is 4.79 Å². The summed E-state index contributed by atoms with van der Waals surface area (Å²) in [4.78, 5) is 14.1. The summed E-state index contributed by atoms with van der Waals surface area (Å²) in [5.41, 5.74) is 1.96. The van der Waals surface area contributed by atoms with Crippen molar-refractivity contribution < 1.29 is 14.3 Å². The molecule has 116 valence electrons. The van der Waals surface area contributed by atoms with Crippen molar-refractivity contribution in [3.63, 3.8) is 0 Å². The van der Waals surface area contributed by atoms with Gasteiger partial charge in [-0.2, -0.15) is 0 Å². The Labute approximate surface area is 126 Å². The molecule has 0 saturated heterocycles. The van der Waals surface area contributed by atoms with E-state index in [9.17, 15) is 4.79 Å². The molecule has 0 spiro atoms. The summed E-state index contributed by atoms with van der Waals surface area (Å²) in [7, 11) is 0. The van der Waals surface area contributed by atoms with E-state index in [1.165, 1.54) is 0 Å². The molecule has 2 amide bonds. The highest BCUT2D eigenvalue weighted by atomic mass is 16.5. The lowest BCUT2D eigenvalue weighted by Crippen LogP contribution is -2.47. The Bertz CT molecular complexity index is 490. The third kappa shape index (κ3) is 4.11. The number of carbonyl (C=O) groups excluding carboxylic acids is 1. The van der Waals surface area contributed by atoms with Crippen LogP contribution in [-0.4, -0.2) is 38.4 Å². The fourth-order valence-electron chi connectivity index (χ4n) is 2.35. The highest BCUT2D eigenvalue weighted by Crippen LogP contribution is 2.34. The maximum Gasteiger partial charge on any atom is 0.322 e. The van der Waals surface area contributed by atoms with Crippen molar-refractivity contribution in [1.82, 2.24) is 5.32 Å². The average molecular weight is 292 g/mol. The van der Waals surface area contributed by atoms with Crippen LogP contribution in [-0.2, 0) is 4.74 Å².